The maximum absolute atomic E-state index is 11.5. The Labute approximate surface area is 152 Å². The van der Waals surface area contributed by atoms with Gasteiger partial charge in [0.15, 0.2) is 5.65 Å². The number of ether oxygens (including phenoxy) is 1. The van der Waals surface area contributed by atoms with Gasteiger partial charge in [-0.05, 0) is 12.5 Å². The van der Waals surface area contributed by atoms with Crippen molar-refractivity contribution >= 4 is 22.8 Å². The fourth-order valence-electron chi connectivity index (χ4n) is 2.81. The van der Waals surface area contributed by atoms with E-state index in [0.717, 1.165) is 5.39 Å². The summed E-state index contributed by atoms with van der Waals surface area (Å²) in [5, 5.41) is 8.50. The number of fused-ring (bicyclic) bond motifs is 1. The van der Waals surface area contributed by atoms with Gasteiger partial charge < -0.3 is 10.1 Å². The molecule has 3 aromatic rings. The van der Waals surface area contributed by atoms with Gasteiger partial charge in [-0.2, -0.15) is 5.10 Å². The lowest BCUT2D eigenvalue weighted by Crippen LogP contribution is -2.37. The Hall–Kier alpha value is -2.96. The van der Waals surface area contributed by atoms with E-state index in [-0.39, 0.29) is 24.0 Å². The van der Waals surface area contributed by atoms with Crippen molar-refractivity contribution in [2.75, 3.05) is 12.4 Å². The molecule has 2 aromatic heterocycles. The zero-order valence-corrected chi connectivity index (χ0v) is 15.4. The van der Waals surface area contributed by atoms with Gasteiger partial charge in [0.25, 0.3) is 0 Å². The fourth-order valence-corrected chi connectivity index (χ4v) is 2.81. The maximum atomic E-state index is 11.5. The summed E-state index contributed by atoms with van der Waals surface area (Å²) >= 11 is 0. The van der Waals surface area contributed by atoms with Crippen LogP contribution in [0.25, 0.3) is 11.0 Å². The molecule has 1 atom stereocenters. The standard InChI is InChI=1S/C19H23N5O2/c1-13(19(2,3)14-8-6-5-7-9-14)23-17-15-10-22-24(11-16(25)26-4)18(15)21-12-20-17/h5-10,12-13H,11H2,1-4H3,(H,20,21,23). The summed E-state index contributed by atoms with van der Waals surface area (Å²) in [4.78, 5) is 20.2. The average Bonchev–Trinajstić information content (AvgIpc) is 3.06. The Kier molecular flexibility index (Phi) is 4.88. The van der Waals surface area contributed by atoms with Gasteiger partial charge in [0.1, 0.15) is 18.7 Å². The molecule has 1 unspecified atom stereocenters. The van der Waals surface area contributed by atoms with Crippen molar-refractivity contribution in [3.05, 3.63) is 48.4 Å². The van der Waals surface area contributed by atoms with Crippen LogP contribution in [0.5, 0.6) is 0 Å². The second-order valence-electron chi connectivity index (χ2n) is 6.79. The van der Waals surface area contributed by atoms with Crippen LogP contribution in [0.3, 0.4) is 0 Å². The Bertz CT molecular complexity index is 905. The molecule has 1 N–H and O–H groups in total. The molecule has 3 rings (SSSR count). The fraction of sp³-hybridized carbons (Fsp3) is 0.368. The van der Waals surface area contributed by atoms with Crippen molar-refractivity contribution in [1.82, 2.24) is 19.7 Å². The SMILES string of the molecule is COC(=O)Cn1ncc2c(NC(C)C(C)(C)c3ccccc3)ncnc21. The van der Waals surface area contributed by atoms with Crippen LogP contribution in [0.1, 0.15) is 26.3 Å². The summed E-state index contributed by atoms with van der Waals surface area (Å²) in [7, 11) is 1.35. The smallest absolute Gasteiger partial charge is 0.327 e. The van der Waals surface area contributed by atoms with Crippen molar-refractivity contribution in [2.24, 2.45) is 0 Å². The minimum atomic E-state index is -0.373. The second-order valence-corrected chi connectivity index (χ2v) is 6.79. The number of nitrogens with zero attached hydrogens (tertiary/aromatic N) is 4. The molecular weight excluding hydrogens is 330 g/mol. The van der Waals surface area contributed by atoms with E-state index in [1.807, 2.05) is 18.2 Å². The predicted molar refractivity (Wildman–Crippen MR) is 99.9 cm³/mol. The van der Waals surface area contributed by atoms with E-state index in [0.29, 0.717) is 11.5 Å². The predicted octanol–water partition coefficient (Wildman–Crippen LogP) is 2.78. The summed E-state index contributed by atoms with van der Waals surface area (Å²) in [6.45, 7) is 6.53. The first-order valence-electron chi connectivity index (χ1n) is 8.49. The summed E-state index contributed by atoms with van der Waals surface area (Å²) in [6, 6.07) is 10.5. The highest BCUT2D eigenvalue weighted by Gasteiger charge is 2.28. The van der Waals surface area contributed by atoms with Crippen molar-refractivity contribution in [1.29, 1.82) is 0 Å². The van der Waals surface area contributed by atoms with Crippen LogP contribution in [0.2, 0.25) is 0 Å². The molecule has 0 radical (unpaired) electrons. The largest absolute Gasteiger partial charge is 0.468 e. The lowest BCUT2D eigenvalue weighted by Gasteiger charge is -2.33. The first-order chi connectivity index (χ1) is 12.4. The number of esters is 1. The molecule has 7 nitrogen and oxygen atoms in total. The quantitative estimate of drug-likeness (QED) is 0.686. The van der Waals surface area contributed by atoms with Gasteiger partial charge in [-0.15, -0.1) is 0 Å². The van der Waals surface area contributed by atoms with Gasteiger partial charge in [-0.1, -0.05) is 44.2 Å². The molecule has 0 amide bonds. The third-order valence-electron chi connectivity index (χ3n) is 4.89. The van der Waals surface area contributed by atoms with Gasteiger partial charge in [-0.3, -0.25) is 4.79 Å². The molecule has 0 fully saturated rings. The van der Waals surface area contributed by atoms with Gasteiger partial charge in [-0.25, -0.2) is 14.6 Å². The minimum absolute atomic E-state index is 0.0154. The van der Waals surface area contributed by atoms with Crippen LogP contribution in [0.4, 0.5) is 5.82 Å². The molecule has 0 saturated heterocycles. The molecule has 0 aliphatic rings. The molecule has 0 bridgehead atoms. The van der Waals surface area contributed by atoms with Gasteiger partial charge >= 0.3 is 5.97 Å². The zero-order chi connectivity index (χ0) is 18.7. The van der Waals surface area contributed by atoms with Crippen LogP contribution in [0.15, 0.2) is 42.9 Å². The van der Waals surface area contributed by atoms with Crippen LogP contribution in [-0.4, -0.2) is 38.9 Å². The third kappa shape index (κ3) is 3.37. The van der Waals surface area contributed by atoms with Crippen molar-refractivity contribution in [3.8, 4) is 0 Å². The Morgan fingerprint density at radius 3 is 2.69 bits per heavy atom. The van der Waals surface area contributed by atoms with E-state index in [1.54, 1.807) is 6.20 Å². The third-order valence-corrected chi connectivity index (χ3v) is 4.89. The molecule has 2 heterocycles. The molecule has 0 aliphatic carbocycles. The van der Waals surface area contributed by atoms with Gasteiger partial charge in [0.05, 0.1) is 18.7 Å². The Morgan fingerprint density at radius 1 is 1.27 bits per heavy atom. The summed E-state index contributed by atoms with van der Waals surface area (Å²) in [6.07, 6.45) is 3.14. The first kappa shape index (κ1) is 17.8. The van der Waals surface area contributed by atoms with Crippen LogP contribution in [0, 0.1) is 0 Å². The van der Waals surface area contributed by atoms with E-state index in [1.165, 1.54) is 23.7 Å². The lowest BCUT2D eigenvalue weighted by atomic mass is 9.78. The molecular formula is C19H23N5O2. The van der Waals surface area contributed by atoms with E-state index in [4.69, 9.17) is 4.74 Å². The Balaban J connectivity index is 1.88. The van der Waals surface area contributed by atoms with E-state index >= 15 is 0 Å². The number of aromatic nitrogens is 4. The monoisotopic (exact) mass is 353 g/mol. The molecule has 26 heavy (non-hydrogen) atoms. The second kappa shape index (κ2) is 7.11. The molecule has 1 aromatic carbocycles. The molecule has 0 aliphatic heterocycles. The summed E-state index contributed by atoms with van der Waals surface area (Å²) < 4.78 is 6.22. The number of hydrogen-bond donors (Lipinski definition) is 1. The maximum Gasteiger partial charge on any atom is 0.327 e. The van der Waals surface area contributed by atoms with Crippen molar-refractivity contribution < 1.29 is 9.53 Å². The van der Waals surface area contributed by atoms with Crippen LogP contribution < -0.4 is 5.32 Å². The first-order valence-corrected chi connectivity index (χ1v) is 8.49. The normalized spacial score (nSPS) is 12.8. The lowest BCUT2D eigenvalue weighted by molar-refractivity contribution is -0.141. The van der Waals surface area contributed by atoms with E-state index < -0.39 is 0 Å². The minimum Gasteiger partial charge on any atom is -0.468 e. The number of methoxy groups -OCH3 is 1. The molecule has 136 valence electrons. The summed E-state index contributed by atoms with van der Waals surface area (Å²) in [5.74, 6) is 0.323. The molecule has 0 saturated carbocycles. The van der Waals surface area contributed by atoms with Gasteiger partial charge in [0, 0.05) is 11.5 Å². The molecule has 7 heteroatoms. The van der Waals surface area contributed by atoms with Crippen molar-refractivity contribution in [3.63, 3.8) is 0 Å². The highest BCUT2D eigenvalue weighted by Crippen LogP contribution is 2.30. The van der Waals surface area contributed by atoms with Crippen LogP contribution in [-0.2, 0) is 21.5 Å². The number of benzene rings is 1. The highest BCUT2D eigenvalue weighted by atomic mass is 16.5. The number of nitrogens with one attached hydrogen (secondary N) is 1. The number of anilines is 1. The Morgan fingerprint density at radius 2 is 2.00 bits per heavy atom. The summed E-state index contributed by atoms with van der Waals surface area (Å²) in [5.41, 5.74) is 1.73. The van der Waals surface area contributed by atoms with E-state index in [2.05, 4.69) is 53.3 Å². The van der Waals surface area contributed by atoms with Crippen LogP contribution >= 0.6 is 0 Å². The van der Waals surface area contributed by atoms with Gasteiger partial charge in [0.2, 0.25) is 0 Å². The molecule has 0 spiro atoms. The van der Waals surface area contributed by atoms with Crippen molar-refractivity contribution in [2.45, 2.75) is 38.8 Å². The number of carbonyl (C=O) groups excluding carboxylic acids is 1. The zero-order valence-electron chi connectivity index (χ0n) is 15.4. The topological polar surface area (TPSA) is 81.9 Å². The number of rotatable bonds is 6. The number of carbonyl (C=O) groups is 1. The highest BCUT2D eigenvalue weighted by molar-refractivity contribution is 5.87. The number of hydrogen-bond acceptors (Lipinski definition) is 6. The average molecular weight is 353 g/mol. The van der Waals surface area contributed by atoms with E-state index in [9.17, 15) is 4.79 Å².